The fourth-order valence-corrected chi connectivity index (χ4v) is 2.80. The number of hydrogen-bond donors (Lipinski definition) is 2. The molecule has 3 rings (SSSR count). The van der Waals surface area contributed by atoms with Crippen molar-refractivity contribution in [2.24, 2.45) is 5.92 Å². The first-order valence-electron chi connectivity index (χ1n) is 9.22. The summed E-state index contributed by atoms with van der Waals surface area (Å²) in [5.74, 6) is 0.310. The van der Waals surface area contributed by atoms with Crippen LogP contribution in [0.1, 0.15) is 36.3 Å². The van der Waals surface area contributed by atoms with Gasteiger partial charge in [0.05, 0.1) is 18.4 Å². The summed E-state index contributed by atoms with van der Waals surface area (Å²) < 4.78 is 11.4. The molecule has 28 heavy (non-hydrogen) atoms. The summed E-state index contributed by atoms with van der Waals surface area (Å²) in [5.41, 5.74) is 2.58. The van der Waals surface area contributed by atoms with Gasteiger partial charge in [0.25, 0.3) is 0 Å². The number of rotatable bonds is 10. The van der Waals surface area contributed by atoms with Crippen LogP contribution in [0.3, 0.4) is 0 Å². The minimum atomic E-state index is -0.993. The number of aliphatic carboxylic acids is 1. The molecule has 0 saturated heterocycles. The van der Waals surface area contributed by atoms with E-state index in [2.05, 4.69) is 0 Å². The van der Waals surface area contributed by atoms with Gasteiger partial charge >= 0.3 is 5.97 Å². The molecule has 2 aromatic rings. The van der Waals surface area contributed by atoms with Gasteiger partial charge in [-0.2, -0.15) is 5.26 Å². The monoisotopic (exact) mass is 379 g/mol. The zero-order valence-corrected chi connectivity index (χ0v) is 15.5. The van der Waals surface area contributed by atoms with Crippen molar-refractivity contribution in [3.8, 4) is 17.6 Å². The molecule has 0 aromatic heterocycles. The van der Waals surface area contributed by atoms with Gasteiger partial charge in [-0.05, 0) is 48.2 Å². The predicted molar refractivity (Wildman–Crippen MR) is 103 cm³/mol. The van der Waals surface area contributed by atoms with Gasteiger partial charge in [-0.25, -0.2) is 0 Å². The first-order valence-corrected chi connectivity index (χ1v) is 9.22. The number of carboxylic acid groups (broad SMARTS) is 1. The number of nitrogens with two attached hydrogens (primary N) is 1. The summed E-state index contributed by atoms with van der Waals surface area (Å²) in [7, 11) is 0. The SMILES string of the molecule is N#CC(CC(=O)O)c1ccc(OCc2ccc(OCC(=[NH2+])C3CC3)cc2)cc1. The number of nitrogens with zero attached hydrogens (tertiary/aromatic N) is 1. The molecule has 0 aliphatic heterocycles. The summed E-state index contributed by atoms with van der Waals surface area (Å²) in [4.78, 5) is 10.8. The third-order valence-corrected chi connectivity index (χ3v) is 4.65. The van der Waals surface area contributed by atoms with Gasteiger partial charge < -0.3 is 14.6 Å². The average molecular weight is 379 g/mol. The summed E-state index contributed by atoms with van der Waals surface area (Å²) in [6.07, 6.45) is 2.13. The Labute approximate surface area is 163 Å². The van der Waals surface area contributed by atoms with Crippen molar-refractivity contribution in [3.05, 3.63) is 59.7 Å². The van der Waals surface area contributed by atoms with Crippen molar-refractivity contribution in [3.63, 3.8) is 0 Å². The summed E-state index contributed by atoms with van der Waals surface area (Å²) in [6, 6.07) is 16.6. The average Bonchev–Trinajstić information content (AvgIpc) is 3.55. The van der Waals surface area contributed by atoms with Crippen LogP contribution in [0.4, 0.5) is 0 Å². The Balaban J connectivity index is 1.48. The van der Waals surface area contributed by atoms with Crippen molar-refractivity contribution in [2.75, 3.05) is 6.61 Å². The van der Waals surface area contributed by atoms with Crippen LogP contribution < -0.4 is 14.9 Å². The highest BCUT2D eigenvalue weighted by Gasteiger charge is 2.30. The molecule has 2 aromatic carbocycles. The molecule has 144 valence electrons. The van der Waals surface area contributed by atoms with E-state index in [0.29, 0.717) is 30.4 Å². The summed E-state index contributed by atoms with van der Waals surface area (Å²) in [6.45, 7) is 0.852. The zero-order valence-electron chi connectivity index (χ0n) is 15.5. The van der Waals surface area contributed by atoms with Crippen LogP contribution in [-0.2, 0) is 11.4 Å². The van der Waals surface area contributed by atoms with E-state index in [4.69, 9.17) is 25.3 Å². The molecule has 3 N–H and O–H groups in total. The molecule has 1 unspecified atom stereocenters. The number of ether oxygens (including phenoxy) is 2. The van der Waals surface area contributed by atoms with E-state index in [9.17, 15) is 4.79 Å². The van der Waals surface area contributed by atoms with Gasteiger partial charge in [-0.3, -0.25) is 10.2 Å². The molecule has 0 amide bonds. The maximum absolute atomic E-state index is 10.8. The minimum Gasteiger partial charge on any atom is -0.489 e. The highest BCUT2D eigenvalue weighted by molar-refractivity contribution is 5.84. The van der Waals surface area contributed by atoms with Crippen LogP contribution in [-0.4, -0.2) is 23.4 Å². The molecule has 1 aliphatic carbocycles. The fourth-order valence-electron chi connectivity index (χ4n) is 2.80. The zero-order chi connectivity index (χ0) is 19.9. The molecule has 0 radical (unpaired) electrons. The van der Waals surface area contributed by atoms with E-state index in [1.54, 1.807) is 24.3 Å². The second-order valence-electron chi connectivity index (χ2n) is 6.92. The Kier molecular flexibility index (Phi) is 6.28. The van der Waals surface area contributed by atoms with Crippen LogP contribution in [0.2, 0.25) is 0 Å². The van der Waals surface area contributed by atoms with Gasteiger partial charge in [0.15, 0.2) is 12.3 Å². The summed E-state index contributed by atoms with van der Waals surface area (Å²) >= 11 is 0. The normalized spacial score (nSPS) is 14.0. The van der Waals surface area contributed by atoms with E-state index >= 15 is 0 Å². The third-order valence-electron chi connectivity index (χ3n) is 4.65. The maximum Gasteiger partial charge on any atom is 0.305 e. The van der Waals surface area contributed by atoms with Crippen molar-refractivity contribution in [1.82, 2.24) is 0 Å². The van der Waals surface area contributed by atoms with E-state index in [1.807, 2.05) is 30.3 Å². The Bertz CT molecular complexity index is 865. The second kappa shape index (κ2) is 9.05. The maximum atomic E-state index is 10.8. The molecule has 6 heteroatoms. The lowest BCUT2D eigenvalue weighted by Crippen LogP contribution is -2.44. The van der Waals surface area contributed by atoms with Crippen molar-refractivity contribution >= 4 is 11.7 Å². The standard InChI is InChI=1S/C22H22N2O4/c23-12-18(11-22(25)26)16-5-9-20(10-6-16)27-13-15-1-7-19(8-2-15)28-14-21(24)17-3-4-17/h1-2,5-10,17-18,24H,3-4,11,13-14H2,(H,25,26)/p+1. The van der Waals surface area contributed by atoms with Crippen LogP contribution in [0, 0.1) is 17.2 Å². The largest absolute Gasteiger partial charge is 0.489 e. The molecule has 6 nitrogen and oxygen atoms in total. The Hall–Kier alpha value is -3.33. The lowest BCUT2D eigenvalue weighted by atomic mass is 9.97. The van der Waals surface area contributed by atoms with Gasteiger partial charge in [-0.1, -0.05) is 24.3 Å². The van der Waals surface area contributed by atoms with Gasteiger partial charge in [0.2, 0.25) is 0 Å². The van der Waals surface area contributed by atoms with E-state index < -0.39 is 11.9 Å². The van der Waals surface area contributed by atoms with Crippen LogP contribution in [0.5, 0.6) is 11.5 Å². The third kappa shape index (κ3) is 5.58. The number of nitriles is 1. The minimum absolute atomic E-state index is 0.213. The predicted octanol–water partition coefficient (Wildman–Crippen LogP) is 2.34. The van der Waals surface area contributed by atoms with E-state index in [0.717, 1.165) is 17.0 Å². The van der Waals surface area contributed by atoms with Crippen LogP contribution >= 0.6 is 0 Å². The molecule has 0 heterocycles. The second-order valence-corrected chi connectivity index (χ2v) is 6.92. The quantitative estimate of drug-likeness (QED) is 0.617. The van der Waals surface area contributed by atoms with Crippen LogP contribution in [0.15, 0.2) is 48.5 Å². The molecular weight excluding hydrogens is 356 g/mol. The van der Waals surface area contributed by atoms with Gasteiger partial charge in [0, 0.05) is 5.92 Å². The molecule has 1 atom stereocenters. The molecule has 1 aliphatic rings. The van der Waals surface area contributed by atoms with Crippen molar-refractivity contribution < 1.29 is 24.8 Å². The van der Waals surface area contributed by atoms with Gasteiger partial charge in [0.1, 0.15) is 18.1 Å². The van der Waals surface area contributed by atoms with Crippen molar-refractivity contribution in [1.29, 1.82) is 5.26 Å². The number of carbonyl (C=O) groups is 1. The number of benzene rings is 2. The van der Waals surface area contributed by atoms with E-state index in [1.165, 1.54) is 12.8 Å². The fraction of sp³-hybridized carbons (Fsp3) is 0.318. The molecule has 0 bridgehead atoms. The number of carboxylic acids is 1. The first-order chi connectivity index (χ1) is 13.5. The lowest BCUT2D eigenvalue weighted by Gasteiger charge is -2.10. The number of hydrogen-bond acceptors (Lipinski definition) is 4. The molecule has 1 saturated carbocycles. The van der Waals surface area contributed by atoms with Crippen LogP contribution in [0.25, 0.3) is 0 Å². The Morgan fingerprint density at radius 1 is 1.11 bits per heavy atom. The van der Waals surface area contributed by atoms with Gasteiger partial charge in [-0.15, -0.1) is 0 Å². The smallest absolute Gasteiger partial charge is 0.305 e. The van der Waals surface area contributed by atoms with E-state index in [-0.39, 0.29) is 6.42 Å². The lowest BCUT2D eigenvalue weighted by molar-refractivity contribution is -0.137. The molecular formula is C22H23N2O4+. The van der Waals surface area contributed by atoms with Crippen molar-refractivity contribution in [2.45, 2.75) is 31.8 Å². The Morgan fingerprint density at radius 3 is 2.29 bits per heavy atom. The molecule has 0 spiro atoms. The highest BCUT2D eigenvalue weighted by atomic mass is 16.5. The topological polar surface area (TPSA) is 105 Å². The molecule has 1 fully saturated rings. The first kappa shape index (κ1) is 19.4. The Morgan fingerprint density at radius 2 is 1.71 bits per heavy atom. The highest BCUT2D eigenvalue weighted by Crippen LogP contribution is 2.29. The summed E-state index contributed by atoms with van der Waals surface area (Å²) in [5, 5.41) is 23.9.